The molecule has 1 aromatic rings. The van der Waals surface area contributed by atoms with Gasteiger partial charge in [-0.2, -0.15) is 0 Å². The van der Waals surface area contributed by atoms with Crippen LogP contribution >= 0.6 is 0 Å². The highest BCUT2D eigenvalue weighted by atomic mass is 16.1. The largest absolute Gasteiger partial charge is 0.393 e. The fraction of sp³-hybridized carbons (Fsp3) is 0.800. The van der Waals surface area contributed by atoms with E-state index in [-0.39, 0.29) is 11.0 Å². The van der Waals surface area contributed by atoms with Crippen LogP contribution in [0.3, 0.4) is 0 Å². The first-order valence-corrected chi connectivity index (χ1v) is 7.52. The summed E-state index contributed by atoms with van der Waals surface area (Å²) in [5, 5.41) is 0. The van der Waals surface area contributed by atoms with Crippen LogP contribution in [0.1, 0.15) is 44.2 Å². The lowest BCUT2D eigenvalue weighted by Crippen LogP contribution is -2.49. The van der Waals surface area contributed by atoms with Gasteiger partial charge in [-0.15, -0.1) is 0 Å². The molecule has 0 radical (unpaired) electrons. The molecule has 4 saturated carbocycles. The van der Waals surface area contributed by atoms with Gasteiger partial charge in [0.2, 0.25) is 0 Å². The Balaban J connectivity index is 1.89. The van der Waals surface area contributed by atoms with Crippen molar-refractivity contribution < 1.29 is 0 Å². The van der Waals surface area contributed by atoms with Gasteiger partial charge in [-0.3, -0.25) is 14.2 Å². The third kappa shape index (κ3) is 1.37. The molecule has 2 N–H and O–H groups in total. The minimum atomic E-state index is -0.0201. The third-order valence-corrected chi connectivity index (χ3v) is 6.09. The van der Waals surface area contributed by atoms with E-state index in [0.717, 1.165) is 23.4 Å². The van der Waals surface area contributed by atoms with Crippen molar-refractivity contribution in [1.82, 2.24) is 9.36 Å². The highest BCUT2D eigenvalue weighted by Gasteiger charge is 2.53. The van der Waals surface area contributed by atoms with Crippen molar-refractivity contribution in [3.8, 4) is 0 Å². The van der Waals surface area contributed by atoms with Crippen molar-refractivity contribution in [3.63, 3.8) is 0 Å². The summed E-state index contributed by atoms with van der Waals surface area (Å²) in [6.07, 6.45) is 8.00. The molecule has 19 heavy (non-hydrogen) atoms. The molecule has 0 unspecified atom stereocenters. The Morgan fingerprint density at radius 2 is 1.47 bits per heavy atom. The van der Waals surface area contributed by atoms with Crippen molar-refractivity contribution in [1.29, 1.82) is 0 Å². The number of anilines is 1. The lowest BCUT2D eigenvalue weighted by molar-refractivity contribution is -0.00891. The second-order valence-corrected chi connectivity index (χ2v) is 7.31. The van der Waals surface area contributed by atoms with E-state index in [9.17, 15) is 4.79 Å². The van der Waals surface area contributed by atoms with E-state index in [1.54, 1.807) is 4.68 Å². The highest BCUT2D eigenvalue weighted by Crippen LogP contribution is 2.61. The Morgan fingerprint density at radius 3 is 1.84 bits per heavy atom. The standard InChI is InChI=1S/C15H23N3O/c1-17-13(12(16)14(19)18(17)2)15-6-9-3-10(7-15)5-11(4-9)8-15/h9-11H,3-8,16H2,1-2H3. The Hall–Kier alpha value is -1.19. The van der Waals surface area contributed by atoms with Crippen LogP contribution in [0.2, 0.25) is 0 Å². The molecule has 104 valence electrons. The van der Waals surface area contributed by atoms with Crippen molar-refractivity contribution in [2.24, 2.45) is 31.8 Å². The topological polar surface area (TPSA) is 52.9 Å². The van der Waals surface area contributed by atoms with Crippen LogP contribution in [-0.4, -0.2) is 9.36 Å². The van der Waals surface area contributed by atoms with E-state index >= 15 is 0 Å². The van der Waals surface area contributed by atoms with Gasteiger partial charge in [-0.1, -0.05) is 0 Å². The second-order valence-electron chi connectivity index (χ2n) is 7.31. The van der Waals surface area contributed by atoms with Crippen molar-refractivity contribution in [2.45, 2.75) is 43.9 Å². The quantitative estimate of drug-likeness (QED) is 0.837. The summed E-state index contributed by atoms with van der Waals surface area (Å²) in [5.74, 6) is 2.63. The lowest BCUT2D eigenvalue weighted by Gasteiger charge is -2.56. The second kappa shape index (κ2) is 3.47. The first-order chi connectivity index (χ1) is 9.00. The van der Waals surface area contributed by atoms with Crippen LogP contribution in [0.5, 0.6) is 0 Å². The molecule has 5 rings (SSSR count). The molecule has 0 spiro atoms. The van der Waals surface area contributed by atoms with E-state index in [0.29, 0.717) is 5.69 Å². The normalized spacial score (nSPS) is 40.0. The molecule has 4 nitrogen and oxygen atoms in total. The summed E-state index contributed by atoms with van der Waals surface area (Å²) in [7, 11) is 3.81. The number of nitrogens with zero attached hydrogens (tertiary/aromatic N) is 2. The van der Waals surface area contributed by atoms with E-state index in [1.807, 2.05) is 18.8 Å². The van der Waals surface area contributed by atoms with Crippen LogP contribution in [0.4, 0.5) is 5.69 Å². The van der Waals surface area contributed by atoms with Crippen molar-refractivity contribution >= 4 is 5.69 Å². The average molecular weight is 261 g/mol. The van der Waals surface area contributed by atoms with Crippen LogP contribution in [0, 0.1) is 17.8 Å². The minimum Gasteiger partial charge on any atom is -0.393 e. The van der Waals surface area contributed by atoms with Crippen LogP contribution in [0.25, 0.3) is 0 Å². The maximum atomic E-state index is 12.1. The van der Waals surface area contributed by atoms with Gasteiger partial charge < -0.3 is 5.73 Å². The first-order valence-electron chi connectivity index (χ1n) is 7.52. The fourth-order valence-corrected chi connectivity index (χ4v) is 5.77. The molecular weight excluding hydrogens is 238 g/mol. The smallest absolute Gasteiger partial charge is 0.289 e. The minimum absolute atomic E-state index is 0.0201. The van der Waals surface area contributed by atoms with Crippen LogP contribution in [-0.2, 0) is 19.5 Å². The summed E-state index contributed by atoms with van der Waals surface area (Å²) in [6, 6.07) is 0. The zero-order valence-corrected chi connectivity index (χ0v) is 11.9. The summed E-state index contributed by atoms with van der Waals surface area (Å²) in [6.45, 7) is 0. The predicted molar refractivity (Wildman–Crippen MR) is 74.9 cm³/mol. The maximum Gasteiger partial charge on any atom is 0.289 e. The van der Waals surface area contributed by atoms with Gasteiger partial charge in [0.05, 0.1) is 5.69 Å². The fourth-order valence-electron chi connectivity index (χ4n) is 5.77. The molecule has 4 aliphatic rings. The molecule has 4 heteroatoms. The first kappa shape index (κ1) is 11.6. The molecule has 0 atom stereocenters. The number of rotatable bonds is 1. The third-order valence-electron chi connectivity index (χ3n) is 6.09. The van der Waals surface area contributed by atoms with Gasteiger partial charge in [0.1, 0.15) is 5.69 Å². The number of hydrogen-bond donors (Lipinski definition) is 1. The van der Waals surface area contributed by atoms with Crippen LogP contribution in [0.15, 0.2) is 4.79 Å². The molecule has 1 aromatic heterocycles. The molecule has 0 aliphatic heterocycles. The average Bonchev–Trinajstić information content (AvgIpc) is 2.52. The van der Waals surface area contributed by atoms with Gasteiger partial charge >= 0.3 is 0 Å². The molecule has 0 amide bonds. The molecule has 4 aliphatic carbocycles. The van der Waals surface area contributed by atoms with E-state index in [4.69, 9.17) is 5.73 Å². The highest BCUT2D eigenvalue weighted by molar-refractivity contribution is 5.47. The van der Waals surface area contributed by atoms with Gasteiger partial charge in [0, 0.05) is 19.5 Å². The van der Waals surface area contributed by atoms with Gasteiger partial charge in [0.25, 0.3) is 5.56 Å². The van der Waals surface area contributed by atoms with E-state index in [2.05, 4.69) is 0 Å². The summed E-state index contributed by atoms with van der Waals surface area (Å²) in [5.41, 5.74) is 8.00. The Morgan fingerprint density at radius 1 is 1.00 bits per heavy atom. The van der Waals surface area contributed by atoms with Gasteiger partial charge in [0.15, 0.2) is 0 Å². The molecule has 4 fully saturated rings. The SMILES string of the molecule is Cn1c(C23CC4CC(CC(C4)C2)C3)c(N)c(=O)n1C. The number of nitrogen functional groups attached to an aromatic ring is 1. The number of hydrogen-bond acceptors (Lipinski definition) is 2. The van der Waals surface area contributed by atoms with Crippen LogP contribution < -0.4 is 11.3 Å². The number of aromatic nitrogens is 2. The van der Waals surface area contributed by atoms with Gasteiger partial charge in [-0.05, 0) is 56.3 Å². The van der Waals surface area contributed by atoms with E-state index < -0.39 is 0 Å². The summed E-state index contributed by atoms with van der Waals surface area (Å²) in [4.78, 5) is 12.1. The zero-order chi connectivity index (χ0) is 13.4. The Labute approximate surface area is 113 Å². The zero-order valence-electron chi connectivity index (χ0n) is 11.9. The van der Waals surface area contributed by atoms with Crippen molar-refractivity contribution in [3.05, 3.63) is 16.0 Å². The predicted octanol–water partition coefficient (Wildman–Crippen LogP) is 1.77. The summed E-state index contributed by atoms with van der Waals surface area (Å²) >= 11 is 0. The van der Waals surface area contributed by atoms with Crippen molar-refractivity contribution in [2.75, 3.05) is 5.73 Å². The summed E-state index contributed by atoms with van der Waals surface area (Å²) < 4.78 is 3.69. The van der Waals surface area contributed by atoms with E-state index in [1.165, 1.54) is 38.5 Å². The lowest BCUT2D eigenvalue weighted by atomic mass is 9.48. The van der Waals surface area contributed by atoms with Gasteiger partial charge in [-0.25, -0.2) is 0 Å². The maximum absolute atomic E-state index is 12.1. The number of nitrogens with two attached hydrogens (primary N) is 1. The molecule has 0 saturated heterocycles. The monoisotopic (exact) mass is 261 g/mol. The molecule has 0 aromatic carbocycles. The Kier molecular flexibility index (Phi) is 2.12. The molecular formula is C15H23N3O. The Bertz CT molecular complexity index is 560. The molecule has 4 bridgehead atoms. The molecule has 1 heterocycles.